The Kier molecular flexibility index (Phi) is 10.2. The Balaban J connectivity index is 3.79. The molecule has 0 amide bonds. The van der Waals surface area contributed by atoms with Gasteiger partial charge in [-0.2, -0.15) is 0 Å². The predicted molar refractivity (Wildman–Crippen MR) is 61.6 cm³/mol. The number of rotatable bonds is 6. The molecular weight excluding hydrogens is 282 g/mol. The van der Waals surface area contributed by atoms with E-state index in [2.05, 4.69) is 18.7 Å². The summed E-state index contributed by atoms with van der Waals surface area (Å²) in [7, 11) is 1.70. The molecule has 0 bridgehead atoms. The van der Waals surface area contributed by atoms with Gasteiger partial charge in [-0.3, -0.25) is 0 Å². The summed E-state index contributed by atoms with van der Waals surface area (Å²) in [5.41, 5.74) is 0. The third kappa shape index (κ3) is 6.93. The van der Waals surface area contributed by atoms with Crippen molar-refractivity contribution in [1.82, 2.24) is 4.90 Å². The van der Waals surface area contributed by atoms with Crippen LogP contribution in [-0.2, 0) is 18.5 Å². The van der Waals surface area contributed by atoms with Gasteiger partial charge < -0.3 is 0 Å². The van der Waals surface area contributed by atoms with Gasteiger partial charge in [-0.1, -0.05) is 0 Å². The van der Waals surface area contributed by atoms with Crippen LogP contribution in [0.2, 0.25) is 0 Å². The normalized spacial score (nSPS) is 10.0. The first-order valence-electron chi connectivity index (χ1n) is 4.85. The van der Waals surface area contributed by atoms with E-state index in [0.717, 1.165) is 17.4 Å². The number of nitrogens with zero attached hydrogens (tertiary/aromatic N) is 1. The van der Waals surface area contributed by atoms with Crippen molar-refractivity contribution in [3.8, 4) is 0 Å². The average Bonchev–Trinajstić information content (AvgIpc) is 2.17. The first kappa shape index (κ1) is 13.9. The second kappa shape index (κ2) is 9.48. The van der Waals surface area contributed by atoms with Crippen LogP contribution in [0.3, 0.4) is 0 Å². The fourth-order valence-electron chi connectivity index (χ4n) is 1.05. The molecule has 0 aliphatic heterocycles. The van der Waals surface area contributed by atoms with Crippen LogP contribution in [0.4, 0.5) is 0 Å². The molecule has 0 aliphatic rings. The molecule has 1 nitrogen and oxygen atoms in total. The molecule has 0 aromatic rings. The van der Waals surface area contributed by atoms with Gasteiger partial charge in [-0.15, -0.1) is 0 Å². The van der Waals surface area contributed by atoms with Gasteiger partial charge in [-0.05, 0) is 0 Å². The summed E-state index contributed by atoms with van der Waals surface area (Å²) in [5, 5.41) is 0. The minimum absolute atomic E-state index is 1.06. The minimum atomic E-state index is 1.06. The van der Waals surface area contributed by atoms with E-state index in [4.69, 9.17) is 12.2 Å². The van der Waals surface area contributed by atoms with Gasteiger partial charge in [0.05, 0.1) is 0 Å². The van der Waals surface area contributed by atoms with Crippen LogP contribution < -0.4 is 0 Å². The van der Waals surface area contributed by atoms with Crippen LogP contribution in [0, 0.1) is 0 Å². The SMILES string of the molecule is CCCCN(CCCC)C(=S)[S][Mo]. The van der Waals surface area contributed by atoms with Crippen LogP contribution in [0.5, 0.6) is 0 Å². The number of unbranched alkanes of at least 4 members (excludes halogenated alkanes) is 2. The Morgan fingerprint density at radius 3 is 2.00 bits per heavy atom. The monoisotopic (exact) mass is 302 g/mol. The fraction of sp³-hybridized carbons (Fsp3) is 0.889. The molecule has 0 aliphatic carbocycles. The molecule has 0 N–H and O–H groups in total. The van der Waals surface area contributed by atoms with Crippen LogP contribution in [0.25, 0.3) is 0 Å². The Labute approximate surface area is 102 Å². The molecule has 77 valence electrons. The summed E-state index contributed by atoms with van der Waals surface area (Å²) in [6.45, 7) is 6.72. The van der Waals surface area contributed by atoms with E-state index in [1.807, 2.05) is 18.5 Å². The quantitative estimate of drug-likeness (QED) is 0.547. The molecule has 0 fully saturated rings. The standard InChI is InChI=1S/C9H19NS2.Mo/c1-3-5-7-10(9(11)12)8-6-4-2;/h3-8H2,1-2H3,(H,11,12);/q;+1/p-1. The molecule has 4 heteroatoms. The van der Waals surface area contributed by atoms with Crippen molar-refractivity contribution >= 4 is 26.0 Å². The van der Waals surface area contributed by atoms with Crippen molar-refractivity contribution in [1.29, 1.82) is 0 Å². The van der Waals surface area contributed by atoms with E-state index < -0.39 is 0 Å². The van der Waals surface area contributed by atoms with Crippen molar-refractivity contribution in [2.24, 2.45) is 0 Å². The Hall–Kier alpha value is 0.928. The molecule has 0 rings (SSSR count). The number of hydrogen-bond donors (Lipinski definition) is 0. The second-order valence-electron chi connectivity index (χ2n) is 3.04. The molecular formula is C9H18MoNS2. The molecule has 0 spiro atoms. The van der Waals surface area contributed by atoms with Gasteiger partial charge in [0, 0.05) is 0 Å². The van der Waals surface area contributed by atoms with Crippen molar-refractivity contribution < 1.29 is 18.5 Å². The van der Waals surface area contributed by atoms with Gasteiger partial charge in [0.1, 0.15) is 0 Å². The topological polar surface area (TPSA) is 3.24 Å². The molecule has 0 radical (unpaired) electrons. The molecule has 0 aromatic heterocycles. The Morgan fingerprint density at radius 1 is 1.23 bits per heavy atom. The molecule has 0 atom stereocenters. The molecule has 0 saturated carbocycles. The zero-order valence-electron chi connectivity index (χ0n) is 8.41. The molecule has 0 aromatic carbocycles. The first-order valence-corrected chi connectivity index (χ1v) is 8.45. The summed E-state index contributed by atoms with van der Waals surface area (Å²) in [5.74, 6) is 0. The number of thiocarbonyl (C=S) groups is 1. The summed E-state index contributed by atoms with van der Waals surface area (Å²) < 4.78 is 1.06. The average molecular weight is 300 g/mol. The molecule has 0 heterocycles. The molecule has 0 saturated heterocycles. The van der Waals surface area contributed by atoms with Crippen molar-refractivity contribution in [2.45, 2.75) is 39.5 Å². The van der Waals surface area contributed by atoms with Gasteiger partial charge in [0.2, 0.25) is 0 Å². The van der Waals surface area contributed by atoms with Crippen LogP contribution >= 0.6 is 21.7 Å². The number of hydrogen-bond acceptors (Lipinski definition) is 2. The van der Waals surface area contributed by atoms with Crippen molar-refractivity contribution in [3.63, 3.8) is 0 Å². The van der Waals surface area contributed by atoms with Gasteiger partial charge in [0.15, 0.2) is 0 Å². The summed E-state index contributed by atoms with van der Waals surface area (Å²) >= 11 is 7.29. The van der Waals surface area contributed by atoms with Crippen molar-refractivity contribution in [3.05, 3.63) is 0 Å². The summed E-state index contributed by atoms with van der Waals surface area (Å²) in [4.78, 5) is 2.34. The predicted octanol–water partition coefficient (Wildman–Crippen LogP) is 3.37. The fourth-order valence-corrected chi connectivity index (χ4v) is 2.29. The first-order chi connectivity index (χ1) is 6.26. The Bertz CT molecular complexity index is 134. The third-order valence-electron chi connectivity index (χ3n) is 1.89. The van der Waals surface area contributed by atoms with Crippen molar-refractivity contribution in [2.75, 3.05) is 13.1 Å². The maximum absolute atomic E-state index is 5.29. The maximum atomic E-state index is 5.29. The van der Waals surface area contributed by atoms with Crippen LogP contribution in [-0.4, -0.2) is 22.3 Å². The van der Waals surface area contributed by atoms with E-state index >= 15 is 0 Å². The molecule has 13 heavy (non-hydrogen) atoms. The Morgan fingerprint density at radius 2 is 1.69 bits per heavy atom. The van der Waals surface area contributed by atoms with E-state index in [0.29, 0.717) is 0 Å². The summed E-state index contributed by atoms with van der Waals surface area (Å²) in [6.07, 6.45) is 5.01. The van der Waals surface area contributed by atoms with E-state index in [9.17, 15) is 0 Å². The van der Waals surface area contributed by atoms with Gasteiger partial charge in [0.25, 0.3) is 0 Å². The summed E-state index contributed by atoms with van der Waals surface area (Å²) in [6, 6.07) is 0. The van der Waals surface area contributed by atoms with Gasteiger partial charge >= 0.3 is 102 Å². The van der Waals surface area contributed by atoms with E-state index in [1.54, 1.807) is 9.47 Å². The third-order valence-corrected chi connectivity index (χ3v) is 4.81. The van der Waals surface area contributed by atoms with Gasteiger partial charge in [-0.25, -0.2) is 0 Å². The van der Waals surface area contributed by atoms with E-state index in [-0.39, 0.29) is 0 Å². The van der Waals surface area contributed by atoms with E-state index in [1.165, 1.54) is 25.7 Å². The molecule has 0 unspecified atom stereocenters. The zero-order chi connectivity index (χ0) is 10.1. The van der Waals surface area contributed by atoms with Crippen LogP contribution in [0.15, 0.2) is 0 Å². The van der Waals surface area contributed by atoms with Crippen LogP contribution in [0.1, 0.15) is 39.5 Å². The second-order valence-corrected chi connectivity index (χ2v) is 5.47. The zero-order valence-corrected chi connectivity index (χ0v) is 12.1.